The lowest BCUT2D eigenvalue weighted by atomic mass is 10.1. The number of hydrogen-bond acceptors (Lipinski definition) is 4. The normalized spacial score (nSPS) is 10.6. The van der Waals surface area contributed by atoms with Gasteiger partial charge in [-0.1, -0.05) is 11.6 Å². The molecule has 22 heavy (non-hydrogen) atoms. The van der Waals surface area contributed by atoms with Crippen molar-refractivity contribution in [2.45, 2.75) is 27.7 Å². The second-order valence-electron chi connectivity index (χ2n) is 4.94. The molecular weight excluding hydrogens is 388 g/mol. The van der Waals surface area contributed by atoms with E-state index in [0.717, 1.165) is 26.2 Å². The molecule has 0 aliphatic rings. The maximum atomic E-state index is 11.9. The van der Waals surface area contributed by atoms with Gasteiger partial charge in [-0.15, -0.1) is 11.3 Å². The number of hydrogen-bond donors (Lipinski definition) is 1. The van der Waals surface area contributed by atoms with Crippen LogP contribution < -0.4 is 10.1 Å². The van der Waals surface area contributed by atoms with Crippen molar-refractivity contribution in [3.8, 4) is 5.75 Å². The molecule has 0 saturated heterocycles. The SMILES string of the molecule is Cc1cc(OCC(=O)Nc2nc(C)c(C)s2)c(Br)c(C)c1Cl. The van der Waals surface area contributed by atoms with Gasteiger partial charge in [-0.05, 0) is 60.8 Å². The Morgan fingerprint density at radius 2 is 2.09 bits per heavy atom. The zero-order chi connectivity index (χ0) is 16.4. The molecule has 0 aliphatic heterocycles. The number of amides is 1. The van der Waals surface area contributed by atoms with E-state index < -0.39 is 0 Å². The first-order chi connectivity index (χ1) is 10.3. The number of carbonyl (C=O) groups excluding carboxylic acids is 1. The van der Waals surface area contributed by atoms with Gasteiger partial charge in [0, 0.05) is 9.90 Å². The smallest absolute Gasteiger partial charge is 0.264 e. The number of thiazole rings is 1. The fraction of sp³-hybridized carbons (Fsp3) is 0.333. The first-order valence-electron chi connectivity index (χ1n) is 6.61. The maximum Gasteiger partial charge on any atom is 0.264 e. The second kappa shape index (κ2) is 6.98. The van der Waals surface area contributed by atoms with Crippen molar-refractivity contribution in [2.24, 2.45) is 0 Å². The summed E-state index contributed by atoms with van der Waals surface area (Å²) >= 11 is 11.1. The average Bonchev–Trinajstić information content (AvgIpc) is 2.77. The van der Waals surface area contributed by atoms with Crippen LogP contribution in [0, 0.1) is 27.7 Å². The van der Waals surface area contributed by atoms with Crippen LogP contribution >= 0.6 is 38.9 Å². The van der Waals surface area contributed by atoms with Crippen LogP contribution in [0.25, 0.3) is 0 Å². The van der Waals surface area contributed by atoms with Crippen molar-refractivity contribution in [1.82, 2.24) is 4.98 Å². The summed E-state index contributed by atoms with van der Waals surface area (Å²) in [4.78, 5) is 17.3. The third-order valence-electron chi connectivity index (χ3n) is 3.20. The van der Waals surface area contributed by atoms with Crippen LogP contribution in [0.5, 0.6) is 5.75 Å². The van der Waals surface area contributed by atoms with E-state index in [1.54, 1.807) is 0 Å². The summed E-state index contributed by atoms with van der Waals surface area (Å²) in [6.45, 7) is 7.59. The number of anilines is 1. The van der Waals surface area contributed by atoms with E-state index in [1.165, 1.54) is 11.3 Å². The molecular formula is C15H16BrClN2O2S. The number of nitrogens with zero attached hydrogens (tertiary/aromatic N) is 1. The third kappa shape index (κ3) is 3.80. The lowest BCUT2D eigenvalue weighted by molar-refractivity contribution is -0.118. The van der Waals surface area contributed by atoms with E-state index in [2.05, 4.69) is 26.2 Å². The van der Waals surface area contributed by atoms with E-state index in [1.807, 2.05) is 33.8 Å². The fourth-order valence-electron chi connectivity index (χ4n) is 1.83. The summed E-state index contributed by atoms with van der Waals surface area (Å²) < 4.78 is 6.34. The van der Waals surface area contributed by atoms with Gasteiger partial charge in [0.2, 0.25) is 0 Å². The Hall–Kier alpha value is -1.11. The summed E-state index contributed by atoms with van der Waals surface area (Å²) in [6, 6.07) is 1.81. The summed E-state index contributed by atoms with van der Waals surface area (Å²) in [5.41, 5.74) is 2.72. The lowest BCUT2D eigenvalue weighted by Crippen LogP contribution is -2.20. The molecule has 0 aliphatic carbocycles. The van der Waals surface area contributed by atoms with Crippen molar-refractivity contribution in [2.75, 3.05) is 11.9 Å². The minimum absolute atomic E-state index is 0.0865. The number of rotatable bonds is 4. The molecule has 0 saturated carbocycles. The third-order valence-corrected chi connectivity index (χ3v) is 5.76. The quantitative estimate of drug-likeness (QED) is 0.797. The molecule has 118 valence electrons. The van der Waals surface area contributed by atoms with Crippen LogP contribution in [-0.2, 0) is 4.79 Å². The van der Waals surface area contributed by atoms with Crippen molar-refractivity contribution < 1.29 is 9.53 Å². The number of halogens is 2. The van der Waals surface area contributed by atoms with Gasteiger partial charge >= 0.3 is 0 Å². The molecule has 1 aromatic carbocycles. The van der Waals surface area contributed by atoms with Crippen LogP contribution in [0.4, 0.5) is 5.13 Å². The molecule has 2 aromatic rings. The molecule has 1 N–H and O–H groups in total. The number of carbonyl (C=O) groups is 1. The topological polar surface area (TPSA) is 51.2 Å². The van der Waals surface area contributed by atoms with Crippen molar-refractivity contribution in [1.29, 1.82) is 0 Å². The number of ether oxygens (including phenoxy) is 1. The standard InChI is InChI=1S/C15H16BrClN2O2S/c1-7-5-11(13(16)8(2)14(7)17)21-6-12(20)19-15-18-9(3)10(4)22-15/h5H,6H2,1-4H3,(H,18,19,20). The van der Waals surface area contributed by atoms with E-state index in [0.29, 0.717) is 15.9 Å². The number of nitrogens with one attached hydrogen (secondary N) is 1. The molecule has 0 radical (unpaired) electrons. The molecule has 0 fully saturated rings. The molecule has 1 aromatic heterocycles. The summed E-state index contributed by atoms with van der Waals surface area (Å²) in [5, 5.41) is 4.02. The minimum Gasteiger partial charge on any atom is -0.483 e. The van der Waals surface area contributed by atoms with E-state index >= 15 is 0 Å². The zero-order valence-corrected chi connectivity index (χ0v) is 15.9. The lowest BCUT2D eigenvalue weighted by Gasteiger charge is -2.12. The number of aromatic nitrogens is 1. The van der Waals surface area contributed by atoms with Gasteiger partial charge in [-0.2, -0.15) is 0 Å². The highest BCUT2D eigenvalue weighted by Crippen LogP contribution is 2.35. The Labute approximate surface area is 147 Å². The number of benzene rings is 1. The Morgan fingerprint density at radius 1 is 1.41 bits per heavy atom. The van der Waals surface area contributed by atoms with Crippen LogP contribution in [-0.4, -0.2) is 17.5 Å². The van der Waals surface area contributed by atoms with Crippen molar-refractivity contribution in [3.05, 3.63) is 37.3 Å². The van der Waals surface area contributed by atoms with E-state index in [4.69, 9.17) is 16.3 Å². The maximum absolute atomic E-state index is 11.9. The van der Waals surface area contributed by atoms with Gasteiger partial charge in [0.25, 0.3) is 5.91 Å². The highest BCUT2D eigenvalue weighted by molar-refractivity contribution is 9.10. The zero-order valence-electron chi connectivity index (χ0n) is 12.7. The number of aryl methyl sites for hydroxylation is 3. The van der Waals surface area contributed by atoms with Crippen molar-refractivity contribution in [3.63, 3.8) is 0 Å². The van der Waals surface area contributed by atoms with Gasteiger partial charge in [0.15, 0.2) is 11.7 Å². The highest BCUT2D eigenvalue weighted by Gasteiger charge is 2.13. The second-order valence-corrected chi connectivity index (χ2v) is 7.32. The molecule has 1 heterocycles. The molecule has 0 unspecified atom stereocenters. The highest BCUT2D eigenvalue weighted by atomic mass is 79.9. The van der Waals surface area contributed by atoms with Gasteiger partial charge in [-0.3, -0.25) is 10.1 Å². The summed E-state index contributed by atoms with van der Waals surface area (Å²) in [7, 11) is 0. The molecule has 2 rings (SSSR count). The first-order valence-corrected chi connectivity index (χ1v) is 8.60. The van der Waals surface area contributed by atoms with Crippen LogP contribution in [0.2, 0.25) is 5.02 Å². The summed E-state index contributed by atoms with van der Waals surface area (Å²) in [5.74, 6) is 0.354. The van der Waals surface area contributed by atoms with E-state index in [-0.39, 0.29) is 12.5 Å². The average molecular weight is 404 g/mol. The Kier molecular flexibility index (Phi) is 5.47. The largest absolute Gasteiger partial charge is 0.483 e. The van der Waals surface area contributed by atoms with Gasteiger partial charge in [-0.25, -0.2) is 4.98 Å². The minimum atomic E-state index is -0.245. The Morgan fingerprint density at radius 3 is 2.68 bits per heavy atom. The monoisotopic (exact) mass is 402 g/mol. The molecule has 4 nitrogen and oxygen atoms in total. The molecule has 1 amide bonds. The van der Waals surface area contributed by atoms with Crippen molar-refractivity contribution >= 4 is 49.9 Å². The predicted molar refractivity (Wildman–Crippen MR) is 94.3 cm³/mol. The summed E-state index contributed by atoms with van der Waals surface area (Å²) in [6.07, 6.45) is 0. The van der Waals surface area contributed by atoms with Crippen LogP contribution in [0.3, 0.4) is 0 Å². The molecule has 0 atom stereocenters. The first kappa shape index (κ1) is 17.2. The van der Waals surface area contributed by atoms with E-state index in [9.17, 15) is 4.79 Å². The van der Waals surface area contributed by atoms with Gasteiger partial charge in [0.05, 0.1) is 10.2 Å². The Bertz CT molecular complexity index is 711. The van der Waals surface area contributed by atoms with Gasteiger partial charge in [0.1, 0.15) is 5.75 Å². The fourth-order valence-corrected chi connectivity index (χ4v) is 3.35. The van der Waals surface area contributed by atoms with Crippen LogP contribution in [0.15, 0.2) is 10.5 Å². The Balaban J connectivity index is 2.02. The molecule has 0 bridgehead atoms. The van der Waals surface area contributed by atoms with Gasteiger partial charge < -0.3 is 4.74 Å². The molecule has 7 heteroatoms. The van der Waals surface area contributed by atoms with Crippen LogP contribution in [0.1, 0.15) is 21.7 Å². The predicted octanol–water partition coefficient (Wildman–Crippen LogP) is 4.81. The molecule has 0 spiro atoms.